The largest absolute Gasteiger partial charge is 0.433 e. The molecule has 1 saturated carbocycles. The van der Waals surface area contributed by atoms with Crippen molar-refractivity contribution in [3.8, 4) is 0 Å². The van der Waals surface area contributed by atoms with E-state index in [-0.39, 0.29) is 17.8 Å². The molecular formula is C16H21F3N4O. The maximum absolute atomic E-state index is 12.7. The Bertz CT molecular complexity index is 579. The van der Waals surface area contributed by atoms with E-state index in [4.69, 9.17) is 0 Å². The third kappa shape index (κ3) is 3.79. The summed E-state index contributed by atoms with van der Waals surface area (Å²) in [5.41, 5.74) is -0.937. The number of alkyl halides is 3. The lowest BCUT2D eigenvalue weighted by Crippen LogP contribution is -2.51. The van der Waals surface area contributed by atoms with E-state index >= 15 is 0 Å². The quantitative estimate of drug-likeness (QED) is 0.829. The molecule has 1 amide bonds. The fourth-order valence-corrected chi connectivity index (χ4v) is 3.39. The smallest absolute Gasteiger partial charge is 0.339 e. The van der Waals surface area contributed by atoms with E-state index in [2.05, 4.69) is 9.97 Å². The highest BCUT2D eigenvalue weighted by atomic mass is 19.4. The predicted octanol–water partition coefficient (Wildman–Crippen LogP) is 2.72. The Labute approximate surface area is 138 Å². The number of hydrogen-bond acceptors (Lipinski definition) is 4. The summed E-state index contributed by atoms with van der Waals surface area (Å²) in [4.78, 5) is 23.6. The van der Waals surface area contributed by atoms with Crippen LogP contribution < -0.4 is 4.90 Å². The average molecular weight is 342 g/mol. The van der Waals surface area contributed by atoms with Crippen molar-refractivity contribution in [2.75, 3.05) is 31.1 Å². The Hall–Kier alpha value is -1.86. The van der Waals surface area contributed by atoms with Gasteiger partial charge in [-0.15, -0.1) is 0 Å². The predicted molar refractivity (Wildman–Crippen MR) is 82.4 cm³/mol. The van der Waals surface area contributed by atoms with Gasteiger partial charge in [0, 0.05) is 38.3 Å². The van der Waals surface area contributed by atoms with Gasteiger partial charge in [-0.25, -0.2) is 9.97 Å². The van der Waals surface area contributed by atoms with Gasteiger partial charge >= 0.3 is 6.18 Å². The van der Waals surface area contributed by atoms with Gasteiger partial charge in [0.15, 0.2) is 0 Å². The van der Waals surface area contributed by atoms with Gasteiger partial charge < -0.3 is 9.80 Å². The minimum atomic E-state index is -4.48. The van der Waals surface area contributed by atoms with Gasteiger partial charge in [0.05, 0.1) is 0 Å². The molecule has 0 N–H and O–H groups in total. The van der Waals surface area contributed by atoms with E-state index in [0.29, 0.717) is 26.2 Å². The Morgan fingerprint density at radius 2 is 1.75 bits per heavy atom. The van der Waals surface area contributed by atoms with Gasteiger partial charge in [-0.2, -0.15) is 13.2 Å². The Morgan fingerprint density at radius 1 is 1.08 bits per heavy atom. The molecule has 0 aromatic carbocycles. The number of hydrogen-bond donors (Lipinski definition) is 0. The van der Waals surface area contributed by atoms with Gasteiger partial charge in [0.25, 0.3) is 0 Å². The molecule has 24 heavy (non-hydrogen) atoms. The third-order valence-corrected chi connectivity index (χ3v) is 4.76. The molecule has 1 aliphatic heterocycles. The van der Waals surface area contributed by atoms with Crippen LogP contribution in [0.1, 0.15) is 37.8 Å². The van der Waals surface area contributed by atoms with E-state index < -0.39 is 11.9 Å². The van der Waals surface area contributed by atoms with Crippen molar-refractivity contribution >= 4 is 11.9 Å². The van der Waals surface area contributed by atoms with Crippen molar-refractivity contribution in [1.29, 1.82) is 0 Å². The summed E-state index contributed by atoms with van der Waals surface area (Å²) in [6, 6.07) is 0.867. The molecule has 3 rings (SSSR count). The number of nitrogens with zero attached hydrogens (tertiary/aromatic N) is 4. The zero-order valence-electron chi connectivity index (χ0n) is 13.4. The zero-order valence-corrected chi connectivity index (χ0v) is 13.4. The molecule has 0 spiro atoms. The molecule has 1 saturated heterocycles. The first-order chi connectivity index (χ1) is 11.4. The number of piperazine rings is 1. The number of amides is 1. The highest BCUT2D eigenvalue weighted by Crippen LogP contribution is 2.29. The highest BCUT2D eigenvalue weighted by Gasteiger charge is 2.34. The minimum absolute atomic E-state index is 0.0783. The fraction of sp³-hybridized carbons (Fsp3) is 0.688. The van der Waals surface area contributed by atoms with Crippen molar-refractivity contribution in [1.82, 2.24) is 14.9 Å². The molecule has 2 aliphatic rings. The monoisotopic (exact) mass is 342 g/mol. The van der Waals surface area contributed by atoms with Crippen LogP contribution in [0.4, 0.5) is 19.1 Å². The van der Waals surface area contributed by atoms with Crippen LogP contribution in [0.2, 0.25) is 0 Å². The summed E-state index contributed by atoms with van der Waals surface area (Å²) in [5, 5.41) is 0. The topological polar surface area (TPSA) is 49.3 Å². The van der Waals surface area contributed by atoms with Gasteiger partial charge in [-0.3, -0.25) is 4.79 Å². The van der Waals surface area contributed by atoms with E-state index in [1.165, 1.54) is 6.42 Å². The fourth-order valence-electron chi connectivity index (χ4n) is 3.39. The summed E-state index contributed by atoms with van der Waals surface area (Å²) in [5.74, 6) is 0.393. The number of anilines is 1. The van der Waals surface area contributed by atoms with Crippen molar-refractivity contribution in [3.63, 3.8) is 0 Å². The van der Waals surface area contributed by atoms with E-state index in [1.54, 1.807) is 4.90 Å². The Morgan fingerprint density at radius 3 is 2.38 bits per heavy atom. The number of carbonyl (C=O) groups is 1. The maximum Gasteiger partial charge on any atom is 0.433 e. The molecule has 132 valence electrons. The van der Waals surface area contributed by atoms with Crippen LogP contribution in [0, 0.1) is 5.92 Å². The number of aromatic nitrogens is 2. The van der Waals surface area contributed by atoms with Crippen LogP contribution in [0.5, 0.6) is 0 Å². The van der Waals surface area contributed by atoms with Crippen LogP contribution in [0.15, 0.2) is 12.3 Å². The molecule has 0 atom stereocenters. The second kappa shape index (κ2) is 6.94. The standard InChI is InChI=1S/C16H21F3N4O/c17-16(18,19)13-6-7-20-15(21-13)23-10-8-22(9-11-23)14(24)12-4-2-1-3-5-12/h6-7,12H,1-5,8-11H2. The Balaban J connectivity index is 1.60. The zero-order chi connectivity index (χ0) is 17.2. The number of rotatable bonds is 2. The van der Waals surface area contributed by atoms with Gasteiger partial charge in [-0.1, -0.05) is 19.3 Å². The van der Waals surface area contributed by atoms with Crippen LogP contribution >= 0.6 is 0 Å². The van der Waals surface area contributed by atoms with E-state index in [0.717, 1.165) is 37.9 Å². The number of halogens is 3. The summed E-state index contributed by atoms with van der Waals surface area (Å²) < 4.78 is 38.2. The molecule has 1 aromatic heterocycles. The first-order valence-electron chi connectivity index (χ1n) is 8.39. The molecule has 0 radical (unpaired) electrons. The molecule has 8 heteroatoms. The molecule has 1 aliphatic carbocycles. The molecule has 2 fully saturated rings. The Kier molecular flexibility index (Phi) is 4.91. The van der Waals surface area contributed by atoms with Gasteiger partial charge in [0.1, 0.15) is 5.69 Å². The molecule has 5 nitrogen and oxygen atoms in total. The lowest BCUT2D eigenvalue weighted by molar-refractivity contribution is -0.141. The summed E-state index contributed by atoms with van der Waals surface area (Å²) in [7, 11) is 0. The lowest BCUT2D eigenvalue weighted by Gasteiger charge is -2.37. The van der Waals surface area contributed by atoms with Crippen molar-refractivity contribution in [2.24, 2.45) is 5.92 Å². The SMILES string of the molecule is O=C(C1CCCCC1)N1CCN(c2nccc(C(F)(F)F)n2)CC1. The number of carbonyl (C=O) groups excluding carboxylic acids is 1. The van der Waals surface area contributed by atoms with E-state index in [9.17, 15) is 18.0 Å². The first-order valence-corrected chi connectivity index (χ1v) is 8.39. The lowest BCUT2D eigenvalue weighted by atomic mass is 9.88. The average Bonchev–Trinajstić information content (AvgIpc) is 2.61. The van der Waals surface area contributed by atoms with Crippen LogP contribution in [0.25, 0.3) is 0 Å². The second-order valence-corrected chi connectivity index (χ2v) is 6.39. The normalized spacial score (nSPS) is 20.3. The highest BCUT2D eigenvalue weighted by molar-refractivity contribution is 5.79. The molecule has 0 bridgehead atoms. The maximum atomic E-state index is 12.7. The van der Waals surface area contributed by atoms with Gasteiger partial charge in [-0.05, 0) is 18.9 Å². The van der Waals surface area contributed by atoms with E-state index in [1.807, 2.05) is 4.90 Å². The minimum Gasteiger partial charge on any atom is -0.339 e. The van der Waals surface area contributed by atoms with Crippen molar-refractivity contribution < 1.29 is 18.0 Å². The second-order valence-electron chi connectivity index (χ2n) is 6.39. The summed E-state index contributed by atoms with van der Waals surface area (Å²) in [6.07, 6.45) is 1.97. The van der Waals surface area contributed by atoms with Crippen molar-refractivity contribution in [3.05, 3.63) is 18.0 Å². The first kappa shape index (κ1) is 17.0. The van der Waals surface area contributed by atoms with Crippen LogP contribution in [-0.2, 0) is 11.0 Å². The molecule has 0 unspecified atom stereocenters. The van der Waals surface area contributed by atoms with Gasteiger partial charge in [0.2, 0.25) is 11.9 Å². The molecule has 1 aromatic rings. The summed E-state index contributed by atoms with van der Waals surface area (Å²) >= 11 is 0. The third-order valence-electron chi connectivity index (χ3n) is 4.76. The molecular weight excluding hydrogens is 321 g/mol. The summed E-state index contributed by atoms with van der Waals surface area (Å²) in [6.45, 7) is 1.93. The van der Waals surface area contributed by atoms with Crippen LogP contribution in [0.3, 0.4) is 0 Å². The molecule has 2 heterocycles. The van der Waals surface area contributed by atoms with Crippen molar-refractivity contribution in [2.45, 2.75) is 38.3 Å². The van der Waals surface area contributed by atoms with Crippen LogP contribution in [-0.4, -0.2) is 47.0 Å².